The number of rotatable bonds is 4. The van der Waals surface area contributed by atoms with E-state index in [0.717, 1.165) is 69.3 Å². The van der Waals surface area contributed by atoms with Gasteiger partial charge < -0.3 is 19.7 Å². The van der Waals surface area contributed by atoms with Gasteiger partial charge in [-0.05, 0) is 63.2 Å². The van der Waals surface area contributed by atoms with Crippen LogP contribution in [-0.2, 0) is 0 Å². The molecular formula is C28H32N6. The summed E-state index contributed by atoms with van der Waals surface area (Å²) in [6.07, 6.45) is 6.47. The number of piperazine rings is 1. The molecule has 1 N–H and O–H groups in total. The number of hydrogen-bond donors (Lipinski definition) is 1. The van der Waals surface area contributed by atoms with E-state index in [0.29, 0.717) is 6.04 Å². The Hall–Kier alpha value is -3.38. The highest BCUT2D eigenvalue weighted by Gasteiger charge is 2.23. The molecule has 2 aliphatic rings. The van der Waals surface area contributed by atoms with Crippen LogP contribution in [0.5, 0.6) is 0 Å². The average molecular weight is 453 g/mol. The van der Waals surface area contributed by atoms with Crippen molar-refractivity contribution in [3.05, 3.63) is 72.7 Å². The van der Waals surface area contributed by atoms with Crippen LogP contribution in [-0.4, -0.2) is 53.8 Å². The molecule has 6 rings (SSSR count). The Morgan fingerprint density at radius 1 is 0.824 bits per heavy atom. The van der Waals surface area contributed by atoms with E-state index in [2.05, 4.69) is 86.3 Å². The Kier molecular flexibility index (Phi) is 5.67. The smallest absolute Gasteiger partial charge is 0.143 e. The molecule has 2 saturated heterocycles. The standard InChI is InChI=1S/C28H32N6/c1-21-24(8-5-13-30-21)26-20-34(23-11-14-29-15-12-23)28-25(26)9-10-27(31-28)33-18-16-32(17-19-33)22-6-3-2-4-7-22/h2-10,13,20,23,29H,11-12,14-19H2,1H3. The first kappa shape index (κ1) is 21.2. The van der Waals surface area contributed by atoms with Crippen molar-refractivity contribution in [3.63, 3.8) is 0 Å². The van der Waals surface area contributed by atoms with E-state index in [9.17, 15) is 0 Å². The largest absolute Gasteiger partial charge is 0.368 e. The van der Waals surface area contributed by atoms with E-state index >= 15 is 0 Å². The molecule has 0 aliphatic carbocycles. The van der Waals surface area contributed by atoms with E-state index in [-0.39, 0.29) is 0 Å². The maximum atomic E-state index is 5.28. The van der Waals surface area contributed by atoms with Gasteiger partial charge in [0.25, 0.3) is 0 Å². The molecule has 34 heavy (non-hydrogen) atoms. The molecule has 0 spiro atoms. The second-order valence-corrected chi connectivity index (χ2v) is 9.42. The van der Waals surface area contributed by atoms with Gasteiger partial charge in [0.2, 0.25) is 0 Å². The molecule has 0 amide bonds. The zero-order chi connectivity index (χ0) is 22.9. The summed E-state index contributed by atoms with van der Waals surface area (Å²) in [6, 6.07) is 19.9. The summed E-state index contributed by atoms with van der Waals surface area (Å²) in [4.78, 5) is 14.7. The van der Waals surface area contributed by atoms with Crippen LogP contribution < -0.4 is 15.1 Å². The molecule has 1 aromatic carbocycles. The number of nitrogens with one attached hydrogen (secondary N) is 1. The lowest BCUT2D eigenvalue weighted by atomic mass is 10.0. The van der Waals surface area contributed by atoms with Gasteiger partial charge in [0.1, 0.15) is 11.5 Å². The van der Waals surface area contributed by atoms with Gasteiger partial charge >= 0.3 is 0 Å². The second kappa shape index (κ2) is 9.11. The van der Waals surface area contributed by atoms with E-state index in [1.807, 2.05) is 12.3 Å². The van der Waals surface area contributed by atoms with Crippen LogP contribution in [0.25, 0.3) is 22.2 Å². The van der Waals surface area contributed by atoms with Crippen molar-refractivity contribution in [1.82, 2.24) is 19.9 Å². The maximum absolute atomic E-state index is 5.28. The molecule has 0 radical (unpaired) electrons. The van der Waals surface area contributed by atoms with E-state index in [1.165, 1.54) is 22.2 Å². The molecule has 4 aromatic rings. The van der Waals surface area contributed by atoms with Crippen molar-refractivity contribution in [2.45, 2.75) is 25.8 Å². The summed E-state index contributed by atoms with van der Waals surface area (Å²) in [5.74, 6) is 1.09. The molecule has 5 heterocycles. The number of para-hydroxylation sites is 1. The summed E-state index contributed by atoms with van der Waals surface area (Å²) >= 11 is 0. The molecule has 0 saturated carbocycles. The predicted molar refractivity (Wildman–Crippen MR) is 140 cm³/mol. The highest BCUT2D eigenvalue weighted by Crippen LogP contribution is 2.36. The normalized spacial score (nSPS) is 17.4. The Balaban J connectivity index is 1.34. The van der Waals surface area contributed by atoms with Gasteiger partial charge in [-0.1, -0.05) is 24.3 Å². The molecule has 3 aromatic heterocycles. The van der Waals surface area contributed by atoms with Crippen molar-refractivity contribution >= 4 is 22.5 Å². The Bertz CT molecular complexity index is 1270. The number of piperidine rings is 1. The minimum Gasteiger partial charge on any atom is -0.368 e. The van der Waals surface area contributed by atoms with Crippen molar-refractivity contribution in [3.8, 4) is 11.1 Å². The summed E-state index contributed by atoms with van der Waals surface area (Å²) < 4.78 is 2.45. The molecule has 0 atom stereocenters. The molecule has 0 bridgehead atoms. The predicted octanol–water partition coefficient (Wildman–Crippen LogP) is 4.66. The third-order valence-corrected chi connectivity index (χ3v) is 7.39. The van der Waals surface area contributed by atoms with Crippen molar-refractivity contribution < 1.29 is 0 Å². The summed E-state index contributed by atoms with van der Waals surface area (Å²) in [7, 11) is 0. The number of anilines is 2. The number of hydrogen-bond acceptors (Lipinski definition) is 5. The molecule has 0 unspecified atom stereocenters. The van der Waals surface area contributed by atoms with Crippen LogP contribution in [0.2, 0.25) is 0 Å². The van der Waals surface area contributed by atoms with Crippen molar-refractivity contribution in [2.75, 3.05) is 49.1 Å². The van der Waals surface area contributed by atoms with E-state index in [1.54, 1.807) is 0 Å². The van der Waals surface area contributed by atoms with Gasteiger partial charge in [-0.25, -0.2) is 4.98 Å². The third-order valence-electron chi connectivity index (χ3n) is 7.39. The van der Waals surface area contributed by atoms with E-state index in [4.69, 9.17) is 4.98 Å². The number of aromatic nitrogens is 3. The Morgan fingerprint density at radius 2 is 1.59 bits per heavy atom. The monoisotopic (exact) mass is 452 g/mol. The van der Waals surface area contributed by atoms with Crippen molar-refractivity contribution in [2.24, 2.45) is 0 Å². The number of pyridine rings is 2. The minimum atomic E-state index is 0.479. The first-order valence-electron chi connectivity index (χ1n) is 12.5. The SMILES string of the molecule is Cc1ncccc1-c1cn(C2CCNCC2)c2nc(N3CCN(c4ccccc4)CC3)ccc12. The fourth-order valence-electron chi connectivity index (χ4n) is 5.47. The van der Waals surface area contributed by atoms with Gasteiger partial charge in [0, 0.05) is 72.5 Å². The zero-order valence-corrected chi connectivity index (χ0v) is 19.8. The summed E-state index contributed by atoms with van der Waals surface area (Å²) in [6.45, 7) is 8.21. The zero-order valence-electron chi connectivity index (χ0n) is 19.8. The lowest BCUT2D eigenvalue weighted by Gasteiger charge is -2.36. The molecule has 2 fully saturated rings. The van der Waals surface area contributed by atoms with Gasteiger partial charge in [-0.2, -0.15) is 0 Å². The second-order valence-electron chi connectivity index (χ2n) is 9.42. The van der Waals surface area contributed by atoms with Gasteiger partial charge in [-0.15, -0.1) is 0 Å². The molecule has 2 aliphatic heterocycles. The number of fused-ring (bicyclic) bond motifs is 1. The molecule has 6 heteroatoms. The number of benzene rings is 1. The average Bonchev–Trinajstić information content (AvgIpc) is 3.29. The molecular weight excluding hydrogens is 420 g/mol. The van der Waals surface area contributed by atoms with Gasteiger partial charge in [0.05, 0.1) is 0 Å². The summed E-state index contributed by atoms with van der Waals surface area (Å²) in [5, 5.41) is 4.73. The fourth-order valence-corrected chi connectivity index (χ4v) is 5.47. The summed E-state index contributed by atoms with van der Waals surface area (Å²) in [5.41, 5.74) is 5.92. The molecule has 6 nitrogen and oxygen atoms in total. The highest BCUT2D eigenvalue weighted by molar-refractivity contribution is 5.95. The van der Waals surface area contributed by atoms with Gasteiger partial charge in [0.15, 0.2) is 0 Å². The topological polar surface area (TPSA) is 49.2 Å². The lowest BCUT2D eigenvalue weighted by molar-refractivity contribution is 0.375. The van der Waals surface area contributed by atoms with Crippen LogP contribution in [0.3, 0.4) is 0 Å². The van der Waals surface area contributed by atoms with Crippen LogP contribution >= 0.6 is 0 Å². The van der Waals surface area contributed by atoms with Gasteiger partial charge in [-0.3, -0.25) is 4.98 Å². The fraction of sp³-hybridized carbons (Fsp3) is 0.357. The lowest BCUT2D eigenvalue weighted by Crippen LogP contribution is -2.46. The minimum absolute atomic E-state index is 0.479. The van der Waals surface area contributed by atoms with Crippen LogP contribution in [0.4, 0.5) is 11.5 Å². The van der Waals surface area contributed by atoms with E-state index < -0.39 is 0 Å². The number of nitrogens with zero attached hydrogens (tertiary/aromatic N) is 5. The quantitative estimate of drug-likeness (QED) is 0.488. The first-order valence-corrected chi connectivity index (χ1v) is 12.5. The van der Waals surface area contributed by atoms with Crippen LogP contribution in [0.1, 0.15) is 24.6 Å². The Morgan fingerprint density at radius 3 is 2.35 bits per heavy atom. The molecule has 174 valence electrons. The number of aryl methyl sites for hydroxylation is 1. The Labute approximate surface area is 201 Å². The third kappa shape index (κ3) is 3.92. The first-order chi connectivity index (χ1) is 16.8. The van der Waals surface area contributed by atoms with Crippen LogP contribution in [0.15, 0.2) is 67.0 Å². The maximum Gasteiger partial charge on any atom is 0.143 e. The van der Waals surface area contributed by atoms with Crippen LogP contribution in [0, 0.1) is 6.92 Å². The van der Waals surface area contributed by atoms with Crippen molar-refractivity contribution in [1.29, 1.82) is 0 Å². The highest BCUT2D eigenvalue weighted by atomic mass is 15.3.